The lowest BCUT2D eigenvalue weighted by Gasteiger charge is -2.19. The molecule has 0 saturated carbocycles. The van der Waals surface area contributed by atoms with Crippen molar-refractivity contribution < 1.29 is 81.4 Å². The second-order valence-corrected chi connectivity index (χ2v) is 19.9. The van der Waals surface area contributed by atoms with Crippen molar-refractivity contribution in [2.75, 3.05) is 93.8 Å². The molecule has 1 heterocycles. The minimum Gasteiger partial charge on any atom is -0.442 e. The van der Waals surface area contributed by atoms with Gasteiger partial charge in [0.15, 0.2) is 0 Å². The number of unbranched alkanes of at least 4 members (excludes halogenated alkanes) is 9. The molecule has 80 heavy (non-hydrogen) atoms. The summed E-state index contributed by atoms with van der Waals surface area (Å²) in [5, 5.41) is 9.48. The van der Waals surface area contributed by atoms with Crippen molar-refractivity contribution in [2.24, 2.45) is 17.5 Å². The van der Waals surface area contributed by atoms with Gasteiger partial charge in [0.25, 0.3) is 11.8 Å². The number of carbonyl (C=O) groups is 7. The summed E-state index contributed by atoms with van der Waals surface area (Å²) in [4.78, 5) is 102. The number of carbonyl (C=O) groups excluding carboxylic acids is 7. The summed E-state index contributed by atoms with van der Waals surface area (Å²) in [5.41, 5.74) is 8.66. The molecule has 1 rings (SSSR count). The van der Waals surface area contributed by atoms with Crippen molar-refractivity contribution in [2.45, 2.75) is 201 Å². The van der Waals surface area contributed by atoms with Gasteiger partial charge in [-0.25, -0.2) is 26.2 Å². The highest BCUT2D eigenvalue weighted by Crippen LogP contribution is 2.13. The van der Waals surface area contributed by atoms with Crippen molar-refractivity contribution in [3.63, 3.8) is 0 Å². The van der Waals surface area contributed by atoms with Gasteiger partial charge in [0.2, 0.25) is 11.8 Å². The van der Waals surface area contributed by atoms with E-state index in [1.807, 2.05) is 6.20 Å². The lowest BCUT2D eigenvalue weighted by Crippen LogP contribution is -2.32. The molecule has 26 nitrogen and oxygen atoms in total. The van der Waals surface area contributed by atoms with Crippen molar-refractivity contribution in [1.29, 1.82) is 0 Å². The molecule has 6 amide bonds. The summed E-state index contributed by atoms with van der Waals surface area (Å²) in [7, 11) is 4.90. The molecular formula is C54H109N9O17. The lowest BCUT2D eigenvalue weighted by atomic mass is 10.2. The number of hydrogen-bond acceptors (Lipinski definition) is 21. The average molecular weight is 1160 g/mol. The van der Waals surface area contributed by atoms with Crippen LogP contribution in [0.5, 0.6) is 0 Å². The highest BCUT2D eigenvalue weighted by molar-refractivity contribution is 6.01. The Hall–Kier alpha value is -4.77. The molecule has 0 aromatic carbocycles. The maximum Gasteiger partial charge on any atom is 0.431 e. The monoisotopic (exact) mass is 1160 g/mol. The minimum absolute atomic E-state index is 0.0592. The van der Waals surface area contributed by atoms with E-state index in [1.54, 1.807) is 62.9 Å². The number of nitrogens with two attached hydrogens (primary N) is 3. The third kappa shape index (κ3) is 69.3. The van der Waals surface area contributed by atoms with Crippen LogP contribution in [0.3, 0.4) is 0 Å². The van der Waals surface area contributed by atoms with E-state index in [4.69, 9.17) is 50.9 Å². The van der Waals surface area contributed by atoms with Crippen LogP contribution in [0, 0.1) is 0 Å². The standard InChI is InChI=1S/C15H30N2O5.C10H22N2O3.C10H22N2O.C10H15NO5.C9H20N2O3/c1-15(2,3)22-14(19)17-21-12-8-6-10-16-13(18)9-5-7-11-20-4;1-14-8-4-2-6-10(13)12-7-3-5-9-15-11;1-2-3-4-5-8-12-9-6-7-10-13-11;1-15-7-3-2-4-10(14)16-11-8(12)5-6-9(11)13;1-9(2,3)14-8(12)11-13-7-5-4-6-10/h5-12H2,1-4H3,(H,16,18)(H,17,19);2-9,11H2,1H3,(H,12,13);5,8,12H,2-4,6-7,9-11H2,1H3;2-7H2,1H3;4-7,10H2,1-3H3,(H,11,12). The Morgan fingerprint density at radius 1 is 0.537 bits per heavy atom. The minimum atomic E-state index is -0.600. The van der Waals surface area contributed by atoms with Gasteiger partial charge in [-0.05, 0) is 151 Å². The van der Waals surface area contributed by atoms with Gasteiger partial charge in [0.05, 0.1) is 26.4 Å². The number of nitrogens with zero attached hydrogens (tertiary/aromatic N) is 1. The summed E-state index contributed by atoms with van der Waals surface area (Å²) in [6.07, 6.45) is 20.4. The lowest BCUT2D eigenvalue weighted by molar-refractivity contribution is -0.197. The molecule has 0 bridgehead atoms. The normalized spacial score (nSPS) is 11.8. The number of methoxy groups -OCH3 is 3. The zero-order valence-corrected chi connectivity index (χ0v) is 50.6. The van der Waals surface area contributed by atoms with Gasteiger partial charge in [-0.2, -0.15) is 11.0 Å². The first kappa shape index (κ1) is 81.7. The molecule has 11 N–H and O–H groups in total. The smallest absolute Gasteiger partial charge is 0.431 e. The predicted octanol–water partition coefficient (Wildman–Crippen LogP) is 6.29. The fraction of sp³-hybridized carbons (Fsp3) is 0.833. The molecule has 26 heteroatoms. The van der Waals surface area contributed by atoms with Crippen LogP contribution in [0.2, 0.25) is 0 Å². The maximum absolute atomic E-state index is 11.5. The average Bonchev–Trinajstić information content (AvgIpc) is 3.71. The number of nitrogens with one attached hydrogen (secondary N) is 5. The molecule has 1 fully saturated rings. The van der Waals surface area contributed by atoms with Gasteiger partial charge in [-0.3, -0.25) is 28.9 Å². The Balaban J connectivity index is -0.000000457. The zero-order valence-electron chi connectivity index (χ0n) is 50.6. The number of amides is 6. The van der Waals surface area contributed by atoms with E-state index < -0.39 is 41.2 Å². The Morgan fingerprint density at radius 2 is 0.938 bits per heavy atom. The van der Waals surface area contributed by atoms with Crippen molar-refractivity contribution in [3.8, 4) is 0 Å². The van der Waals surface area contributed by atoms with Gasteiger partial charge >= 0.3 is 18.2 Å². The molecule has 472 valence electrons. The van der Waals surface area contributed by atoms with E-state index in [-0.39, 0.29) is 31.1 Å². The SMILES string of the molecule is CC(C)(C)OC(=O)NOCCCCN.CCCCC=CNCCCCON.COCCCCC(=O)NCCCCON.COCCCCC(=O)NCCCCONC(=O)OC(C)(C)C.COCCCCC(=O)ON1C(=O)CCC1=O. The summed E-state index contributed by atoms with van der Waals surface area (Å²) in [6.45, 7) is 19.9. The van der Waals surface area contributed by atoms with Gasteiger partial charge in [0.1, 0.15) is 11.2 Å². The van der Waals surface area contributed by atoms with E-state index >= 15 is 0 Å². The van der Waals surface area contributed by atoms with E-state index in [1.165, 1.54) is 19.3 Å². The number of rotatable bonds is 41. The van der Waals surface area contributed by atoms with Crippen molar-refractivity contribution in [3.05, 3.63) is 12.3 Å². The Labute approximate surface area is 478 Å². The fourth-order valence-corrected chi connectivity index (χ4v) is 5.75. The van der Waals surface area contributed by atoms with Crippen LogP contribution >= 0.6 is 0 Å². The Morgan fingerprint density at radius 3 is 1.34 bits per heavy atom. The Bertz CT molecular complexity index is 1520. The first-order valence-corrected chi connectivity index (χ1v) is 28.2. The zero-order chi connectivity index (χ0) is 61.0. The van der Waals surface area contributed by atoms with Crippen LogP contribution in [0.4, 0.5) is 9.59 Å². The van der Waals surface area contributed by atoms with Crippen LogP contribution in [0.1, 0.15) is 190 Å². The van der Waals surface area contributed by atoms with Crippen LogP contribution in [0.15, 0.2) is 12.3 Å². The molecule has 0 aromatic rings. The van der Waals surface area contributed by atoms with Gasteiger partial charge < -0.3 is 59.9 Å². The predicted molar refractivity (Wildman–Crippen MR) is 304 cm³/mol. The molecule has 0 aliphatic carbocycles. The third-order valence-corrected chi connectivity index (χ3v) is 9.79. The van der Waals surface area contributed by atoms with Gasteiger partial charge in [-0.1, -0.05) is 25.8 Å². The summed E-state index contributed by atoms with van der Waals surface area (Å²) < 4.78 is 24.6. The first-order chi connectivity index (χ1) is 38.2. The Kier molecular flexibility index (Phi) is 61.6. The van der Waals surface area contributed by atoms with Crippen LogP contribution in [-0.4, -0.2) is 152 Å². The molecule has 0 aromatic heterocycles. The molecule has 0 spiro atoms. The van der Waals surface area contributed by atoms with Crippen LogP contribution in [-0.2, 0) is 71.8 Å². The number of hydrogen-bond donors (Lipinski definition) is 8. The molecule has 0 atom stereocenters. The molecule has 1 aliphatic rings. The van der Waals surface area contributed by atoms with E-state index in [9.17, 15) is 33.6 Å². The first-order valence-electron chi connectivity index (χ1n) is 28.2. The molecular weight excluding hydrogens is 1050 g/mol. The van der Waals surface area contributed by atoms with E-state index in [0.29, 0.717) is 83.6 Å². The quantitative estimate of drug-likeness (QED) is 0.0189. The summed E-state index contributed by atoms with van der Waals surface area (Å²) in [6, 6.07) is 0. The molecule has 1 aliphatic heterocycles. The summed E-state index contributed by atoms with van der Waals surface area (Å²) >= 11 is 0. The van der Waals surface area contributed by atoms with Gasteiger partial charge in [-0.15, -0.1) is 5.06 Å². The fourth-order valence-electron chi connectivity index (χ4n) is 5.75. The molecule has 1 saturated heterocycles. The molecule has 0 radical (unpaired) electrons. The van der Waals surface area contributed by atoms with E-state index in [2.05, 4.69) is 54.4 Å². The summed E-state index contributed by atoms with van der Waals surface area (Å²) in [5.74, 6) is 8.47. The topological polar surface area (TPSA) is 353 Å². The molecule has 0 unspecified atom stereocenters. The maximum atomic E-state index is 11.5. The largest absolute Gasteiger partial charge is 0.442 e. The van der Waals surface area contributed by atoms with Crippen LogP contribution in [0.25, 0.3) is 0 Å². The van der Waals surface area contributed by atoms with Crippen molar-refractivity contribution in [1.82, 2.24) is 32.0 Å². The highest BCUT2D eigenvalue weighted by atomic mass is 16.7. The second-order valence-electron chi connectivity index (χ2n) is 19.9. The second kappa shape index (κ2) is 60.3. The number of imide groups is 1. The number of hydroxylamine groups is 4. The van der Waals surface area contributed by atoms with Crippen molar-refractivity contribution >= 4 is 41.8 Å². The highest BCUT2D eigenvalue weighted by Gasteiger charge is 2.32. The van der Waals surface area contributed by atoms with Gasteiger partial charge in [0, 0.05) is 92.9 Å². The van der Waals surface area contributed by atoms with E-state index in [0.717, 1.165) is 96.6 Å². The number of allylic oxidation sites excluding steroid dienone is 1. The third-order valence-electron chi connectivity index (χ3n) is 9.79. The number of ether oxygens (including phenoxy) is 5. The van der Waals surface area contributed by atoms with Crippen LogP contribution < -0.4 is 44.4 Å².